The molecule has 0 aliphatic carbocycles. The smallest absolute Gasteiger partial charge is 0.189 e. The van der Waals surface area contributed by atoms with E-state index >= 15 is 0 Å². The van der Waals surface area contributed by atoms with Gasteiger partial charge in [0.2, 0.25) is 5.69 Å². The molecule has 0 spiro atoms. The summed E-state index contributed by atoms with van der Waals surface area (Å²) in [4.78, 5) is 0. The second-order valence-electron chi connectivity index (χ2n) is 6.66. The molecule has 0 fully saturated rings. The van der Waals surface area contributed by atoms with E-state index in [1.54, 1.807) is 0 Å². The minimum atomic E-state index is 0.00692. The van der Waals surface area contributed by atoms with Crippen LogP contribution < -0.4 is 4.57 Å². The summed E-state index contributed by atoms with van der Waals surface area (Å²) in [6.45, 7) is 11.3. The van der Waals surface area contributed by atoms with Gasteiger partial charge < -0.3 is 0 Å². The molecule has 1 aliphatic heterocycles. The highest BCUT2D eigenvalue weighted by molar-refractivity contribution is 5.82. The Morgan fingerprint density at radius 1 is 1.00 bits per heavy atom. The maximum Gasteiger partial charge on any atom is 0.214 e. The molecule has 0 unspecified atom stereocenters. The van der Waals surface area contributed by atoms with Crippen molar-refractivity contribution in [3.63, 3.8) is 0 Å². The molecular weight excluding hydrogens is 278 g/mol. The van der Waals surface area contributed by atoms with Gasteiger partial charge in [-0.05, 0) is 30.0 Å². The molecule has 1 heteroatoms. The lowest BCUT2D eigenvalue weighted by molar-refractivity contribution is -0.741. The quantitative estimate of drug-likeness (QED) is 0.640. The monoisotopic (exact) mass is 306 g/mol. The molecule has 0 amide bonds. The second kappa shape index (κ2) is 6.31. The van der Waals surface area contributed by atoms with Crippen LogP contribution in [-0.2, 0) is 12.0 Å². The number of allylic oxidation sites excluding steroid dienone is 1. The summed E-state index contributed by atoms with van der Waals surface area (Å²) in [5, 5.41) is 0. The van der Waals surface area contributed by atoms with Crippen molar-refractivity contribution in [3.05, 3.63) is 60.3 Å². The number of aryl methyl sites for hydroxylation is 1. The van der Waals surface area contributed by atoms with Gasteiger partial charge >= 0.3 is 0 Å². The van der Waals surface area contributed by atoms with Crippen molar-refractivity contribution in [1.29, 1.82) is 0 Å². The van der Waals surface area contributed by atoms with E-state index < -0.39 is 0 Å². The van der Waals surface area contributed by atoms with Crippen LogP contribution in [0.4, 0.5) is 0 Å². The highest BCUT2D eigenvalue weighted by Crippen LogP contribution is 2.43. The van der Waals surface area contributed by atoms with E-state index in [0.29, 0.717) is 0 Å². The number of unbranched alkanes of at least 4 members (excludes halogenated alkanes) is 1. The Morgan fingerprint density at radius 3 is 2.35 bits per heavy atom. The van der Waals surface area contributed by atoms with Crippen LogP contribution in [0.2, 0.25) is 0 Å². The third-order valence-electron chi connectivity index (χ3n) is 5.56. The van der Waals surface area contributed by atoms with E-state index in [1.807, 2.05) is 0 Å². The molecule has 1 aromatic carbocycles. The number of rotatable bonds is 5. The van der Waals surface area contributed by atoms with Gasteiger partial charge in [-0.3, -0.25) is 0 Å². The first-order valence-corrected chi connectivity index (χ1v) is 9.02. The van der Waals surface area contributed by atoms with Crippen LogP contribution in [0, 0.1) is 0 Å². The Balaban J connectivity index is 2.23. The third kappa shape index (κ3) is 2.43. The van der Waals surface area contributed by atoms with Gasteiger partial charge in [-0.15, -0.1) is 0 Å². The van der Waals surface area contributed by atoms with Crippen molar-refractivity contribution in [2.75, 3.05) is 0 Å². The molecule has 1 aromatic heterocycles. The largest absolute Gasteiger partial charge is 0.214 e. The van der Waals surface area contributed by atoms with E-state index in [9.17, 15) is 0 Å². The van der Waals surface area contributed by atoms with Crippen LogP contribution in [0.1, 0.15) is 57.6 Å². The Labute approximate surface area is 140 Å². The Hall–Kier alpha value is -1.89. The zero-order chi connectivity index (χ0) is 16.4. The van der Waals surface area contributed by atoms with Gasteiger partial charge in [0, 0.05) is 30.5 Å². The molecule has 0 N–H and O–H groups in total. The second-order valence-corrected chi connectivity index (χ2v) is 6.66. The first-order chi connectivity index (χ1) is 11.2. The molecule has 0 saturated heterocycles. The highest BCUT2D eigenvalue weighted by Gasteiger charge is 2.46. The summed E-state index contributed by atoms with van der Waals surface area (Å²) < 4.78 is 2.48. The number of nitrogens with zero attached hydrogens (tertiary/aromatic N) is 1. The zero-order valence-corrected chi connectivity index (χ0v) is 14.7. The lowest BCUT2D eigenvalue weighted by Crippen LogP contribution is -2.59. The number of pyridine rings is 1. The van der Waals surface area contributed by atoms with Crippen LogP contribution in [-0.4, -0.2) is 0 Å². The van der Waals surface area contributed by atoms with E-state index in [-0.39, 0.29) is 5.54 Å². The topological polar surface area (TPSA) is 3.88 Å². The number of hydrogen-bond donors (Lipinski definition) is 0. The summed E-state index contributed by atoms with van der Waals surface area (Å²) in [6.07, 6.45) is 8.11. The lowest BCUT2D eigenvalue weighted by Gasteiger charge is -2.35. The van der Waals surface area contributed by atoms with Crippen LogP contribution in [0.15, 0.2) is 49.2 Å². The van der Waals surface area contributed by atoms with Crippen LogP contribution in [0.25, 0.3) is 16.8 Å². The molecule has 2 aromatic rings. The van der Waals surface area contributed by atoms with Gasteiger partial charge in [-0.25, -0.2) is 0 Å². The van der Waals surface area contributed by atoms with Crippen molar-refractivity contribution in [3.8, 4) is 11.3 Å². The van der Waals surface area contributed by atoms with Crippen molar-refractivity contribution < 1.29 is 4.57 Å². The van der Waals surface area contributed by atoms with Gasteiger partial charge in [0.25, 0.3) is 0 Å². The molecule has 0 atom stereocenters. The molecule has 1 nitrogen and oxygen atoms in total. The maximum absolute atomic E-state index is 4.50. The summed E-state index contributed by atoms with van der Waals surface area (Å²) in [6, 6.07) is 13.5. The van der Waals surface area contributed by atoms with Crippen molar-refractivity contribution >= 4 is 5.57 Å². The Morgan fingerprint density at radius 2 is 1.70 bits per heavy atom. The fourth-order valence-electron chi connectivity index (χ4n) is 4.04. The van der Waals surface area contributed by atoms with Gasteiger partial charge in [0.05, 0.1) is 5.56 Å². The van der Waals surface area contributed by atoms with Crippen LogP contribution in [0.5, 0.6) is 0 Å². The molecule has 120 valence electrons. The minimum absolute atomic E-state index is 0.00692. The number of hydrogen-bond acceptors (Lipinski definition) is 0. The summed E-state index contributed by atoms with van der Waals surface area (Å²) >= 11 is 0. The van der Waals surface area contributed by atoms with E-state index in [0.717, 1.165) is 12.8 Å². The van der Waals surface area contributed by atoms with E-state index in [1.165, 1.54) is 47.2 Å². The molecule has 2 heterocycles. The first-order valence-electron chi connectivity index (χ1n) is 9.02. The van der Waals surface area contributed by atoms with Gasteiger partial charge in [0.15, 0.2) is 11.7 Å². The average Bonchev–Trinajstić information content (AvgIpc) is 2.61. The van der Waals surface area contributed by atoms with Crippen molar-refractivity contribution in [2.24, 2.45) is 0 Å². The fraction of sp³-hybridized carbons (Fsp3) is 0.409. The lowest BCUT2D eigenvalue weighted by atomic mass is 9.75. The third-order valence-corrected chi connectivity index (χ3v) is 5.56. The summed E-state index contributed by atoms with van der Waals surface area (Å²) in [5.41, 5.74) is 6.72. The molecule has 23 heavy (non-hydrogen) atoms. The Bertz CT molecular complexity index is 723. The first kappa shape index (κ1) is 16.0. The van der Waals surface area contributed by atoms with Gasteiger partial charge in [-0.2, -0.15) is 4.57 Å². The van der Waals surface area contributed by atoms with Crippen LogP contribution in [0.3, 0.4) is 0 Å². The molecule has 3 rings (SSSR count). The van der Waals surface area contributed by atoms with Gasteiger partial charge in [0.1, 0.15) is 0 Å². The normalized spacial score (nSPS) is 15.2. The van der Waals surface area contributed by atoms with E-state index in [4.69, 9.17) is 0 Å². The number of aromatic nitrogens is 1. The number of benzene rings is 1. The predicted octanol–water partition coefficient (Wildman–Crippen LogP) is 5.53. The standard InChI is InChI=1S/C22H28N/c1-5-8-11-18-14-15-23-21(16-18)20-13-10-9-12-19(20)17(4)22(23,6-2)7-3/h9-10,12-16H,4-8,11H2,1-3H3/q+1. The molecule has 0 saturated carbocycles. The molecule has 0 radical (unpaired) electrons. The van der Waals surface area contributed by atoms with Crippen molar-refractivity contribution in [1.82, 2.24) is 0 Å². The molecular formula is C22H28N+. The van der Waals surface area contributed by atoms with Crippen LogP contribution >= 0.6 is 0 Å². The molecule has 0 bridgehead atoms. The Kier molecular flexibility index (Phi) is 4.39. The summed E-state index contributed by atoms with van der Waals surface area (Å²) in [7, 11) is 0. The average molecular weight is 306 g/mol. The number of fused-ring (bicyclic) bond motifs is 3. The predicted molar refractivity (Wildman–Crippen MR) is 98.3 cm³/mol. The fourth-order valence-corrected chi connectivity index (χ4v) is 4.04. The van der Waals surface area contributed by atoms with Crippen molar-refractivity contribution in [2.45, 2.75) is 58.4 Å². The zero-order valence-electron chi connectivity index (χ0n) is 14.7. The SMILES string of the molecule is C=C1c2ccccc2-c2cc(CCCC)cc[n+]2C1(CC)CC. The summed E-state index contributed by atoms with van der Waals surface area (Å²) in [5.74, 6) is 0. The highest BCUT2D eigenvalue weighted by atomic mass is 15.1. The molecule has 1 aliphatic rings. The van der Waals surface area contributed by atoms with Gasteiger partial charge in [-0.1, -0.05) is 52.0 Å². The van der Waals surface area contributed by atoms with E-state index in [2.05, 4.69) is 74.5 Å². The minimum Gasteiger partial charge on any atom is -0.189 e. The maximum atomic E-state index is 4.50.